The second kappa shape index (κ2) is 6.67. The molecular weight excluding hydrogens is 324 g/mol. The number of fused-ring (bicyclic) bond motifs is 3. The van der Waals surface area contributed by atoms with E-state index in [1.807, 2.05) is 12.1 Å². The summed E-state index contributed by atoms with van der Waals surface area (Å²) in [5.41, 5.74) is 2.76. The number of carbonyl (C=O) groups is 1. The monoisotopic (exact) mass is 356 g/mol. The molecule has 0 saturated heterocycles. The van der Waals surface area contributed by atoms with Crippen molar-refractivity contribution < 1.29 is 15.0 Å². The minimum atomic E-state index is -0.828. The zero-order valence-corrected chi connectivity index (χ0v) is 16.0. The maximum Gasteiger partial charge on any atom is 0.335 e. The van der Waals surface area contributed by atoms with E-state index in [2.05, 4.69) is 13.0 Å². The average Bonchev–Trinajstić information content (AvgIpc) is 3.42. The fourth-order valence-electron chi connectivity index (χ4n) is 6.02. The molecule has 4 rings (SSSR count). The van der Waals surface area contributed by atoms with Crippen molar-refractivity contribution in [3.05, 3.63) is 34.9 Å². The van der Waals surface area contributed by atoms with Crippen molar-refractivity contribution in [2.45, 2.75) is 88.6 Å². The Morgan fingerprint density at radius 3 is 2.73 bits per heavy atom. The third-order valence-electron chi connectivity index (χ3n) is 7.40. The number of carboxylic acids is 1. The van der Waals surface area contributed by atoms with Gasteiger partial charge in [-0.25, -0.2) is 4.79 Å². The van der Waals surface area contributed by atoms with E-state index in [-0.39, 0.29) is 5.41 Å². The van der Waals surface area contributed by atoms with Gasteiger partial charge in [0.2, 0.25) is 0 Å². The van der Waals surface area contributed by atoms with Crippen LogP contribution in [0, 0.1) is 11.8 Å². The third kappa shape index (κ3) is 3.19. The first-order chi connectivity index (χ1) is 12.5. The second-order valence-corrected chi connectivity index (χ2v) is 9.25. The van der Waals surface area contributed by atoms with Gasteiger partial charge in [0, 0.05) is 0 Å². The highest BCUT2D eigenvalue weighted by Crippen LogP contribution is 2.57. The molecule has 1 aromatic carbocycles. The molecule has 3 heteroatoms. The molecule has 0 radical (unpaired) electrons. The summed E-state index contributed by atoms with van der Waals surface area (Å²) in [6.07, 6.45) is 12.0. The Balaban J connectivity index is 1.75. The van der Waals surface area contributed by atoms with Gasteiger partial charge in [0.05, 0.1) is 11.2 Å². The van der Waals surface area contributed by atoms with E-state index < -0.39 is 11.6 Å². The van der Waals surface area contributed by atoms with Crippen molar-refractivity contribution in [3.8, 4) is 0 Å². The zero-order chi connectivity index (χ0) is 18.4. The van der Waals surface area contributed by atoms with Crippen LogP contribution < -0.4 is 0 Å². The maximum atomic E-state index is 11.4. The smallest absolute Gasteiger partial charge is 0.335 e. The molecule has 0 aliphatic heterocycles. The van der Waals surface area contributed by atoms with Crippen LogP contribution in [0.15, 0.2) is 18.2 Å². The molecule has 142 valence electrons. The minimum absolute atomic E-state index is 0.157. The largest absolute Gasteiger partial charge is 0.478 e. The van der Waals surface area contributed by atoms with E-state index in [0.29, 0.717) is 11.5 Å². The Morgan fingerprint density at radius 2 is 2.04 bits per heavy atom. The molecule has 0 bridgehead atoms. The van der Waals surface area contributed by atoms with Gasteiger partial charge < -0.3 is 10.2 Å². The molecular formula is C23H32O3. The van der Waals surface area contributed by atoms with Gasteiger partial charge in [-0.1, -0.05) is 32.3 Å². The molecule has 0 unspecified atom stereocenters. The SMILES string of the molecule is CCC[C@]1(O)CC[C@]2(CC3CC3)c3ccc(C(=O)O)cc3CCC[C@@H]2C1. The molecule has 26 heavy (non-hydrogen) atoms. The Morgan fingerprint density at radius 1 is 1.23 bits per heavy atom. The van der Waals surface area contributed by atoms with Gasteiger partial charge in [0.15, 0.2) is 0 Å². The molecule has 3 aliphatic carbocycles. The molecule has 2 saturated carbocycles. The number of aliphatic hydroxyl groups is 1. The van der Waals surface area contributed by atoms with Gasteiger partial charge in [0.25, 0.3) is 0 Å². The second-order valence-electron chi connectivity index (χ2n) is 9.25. The normalized spacial score (nSPS) is 33.8. The predicted molar refractivity (Wildman–Crippen MR) is 103 cm³/mol. The molecule has 0 heterocycles. The molecule has 0 spiro atoms. The summed E-state index contributed by atoms with van der Waals surface area (Å²) in [5.74, 6) is 0.538. The summed E-state index contributed by atoms with van der Waals surface area (Å²) in [5, 5.41) is 20.6. The van der Waals surface area contributed by atoms with Crippen LogP contribution in [0.25, 0.3) is 0 Å². The van der Waals surface area contributed by atoms with Crippen molar-refractivity contribution >= 4 is 5.97 Å². The van der Waals surface area contributed by atoms with Crippen LogP contribution >= 0.6 is 0 Å². The van der Waals surface area contributed by atoms with Crippen molar-refractivity contribution in [1.82, 2.24) is 0 Å². The van der Waals surface area contributed by atoms with E-state index in [0.717, 1.165) is 57.3 Å². The first kappa shape index (κ1) is 18.0. The standard InChI is InChI=1S/C23H32O3/c1-2-10-22(26)11-12-23(14-16-6-7-16)19(15-22)5-3-4-17-13-18(21(24)25)8-9-20(17)23/h8-9,13,16,19,26H,2-7,10-12,14-15H2,1H3,(H,24,25)/t19-,22+,23-/m1/s1. The first-order valence-electron chi connectivity index (χ1n) is 10.5. The topological polar surface area (TPSA) is 57.5 Å². The van der Waals surface area contributed by atoms with Gasteiger partial charge in [-0.3, -0.25) is 0 Å². The molecule has 2 fully saturated rings. The summed E-state index contributed by atoms with van der Waals surface area (Å²) in [6.45, 7) is 2.17. The first-order valence-corrected chi connectivity index (χ1v) is 10.5. The lowest BCUT2D eigenvalue weighted by molar-refractivity contribution is -0.0562. The van der Waals surface area contributed by atoms with Crippen molar-refractivity contribution in [1.29, 1.82) is 0 Å². The Kier molecular flexibility index (Phi) is 4.63. The van der Waals surface area contributed by atoms with Gasteiger partial charge in [-0.05, 0) is 91.9 Å². The zero-order valence-electron chi connectivity index (χ0n) is 16.0. The number of carboxylic acid groups (broad SMARTS) is 1. The van der Waals surface area contributed by atoms with E-state index in [9.17, 15) is 15.0 Å². The summed E-state index contributed by atoms with van der Waals surface area (Å²) in [7, 11) is 0. The van der Waals surface area contributed by atoms with E-state index in [4.69, 9.17) is 0 Å². The molecule has 1 aromatic rings. The average molecular weight is 357 g/mol. The fourth-order valence-corrected chi connectivity index (χ4v) is 6.02. The van der Waals surface area contributed by atoms with Crippen LogP contribution in [0.4, 0.5) is 0 Å². The predicted octanol–water partition coefficient (Wildman–Crippen LogP) is 5.09. The number of aryl methyl sites for hydroxylation is 1. The highest BCUT2D eigenvalue weighted by Gasteiger charge is 2.52. The van der Waals surface area contributed by atoms with Crippen LogP contribution in [0.3, 0.4) is 0 Å². The summed E-state index contributed by atoms with van der Waals surface area (Å²) in [4.78, 5) is 11.4. The van der Waals surface area contributed by atoms with E-state index >= 15 is 0 Å². The molecule has 3 aliphatic rings. The number of hydrogen-bond acceptors (Lipinski definition) is 2. The fraction of sp³-hybridized carbons (Fsp3) is 0.696. The van der Waals surface area contributed by atoms with Crippen molar-refractivity contribution in [2.24, 2.45) is 11.8 Å². The van der Waals surface area contributed by atoms with Crippen molar-refractivity contribution in [2.75, 3.05) is 0 Å². The number of aromatic carboxylic acids is 1. The van der Waals surface area contributed by atoms with Gasteiger partial charge in [-0.15, -0.1) is 0 Å². The number of rotatable bonds is 5. The molecule has 2 N–H and O–H groups in total. The Hall–Kier alpha value is -1.35. The van der Waals surface area contributed by atoms with Crippen LogP contribution in [0.5, 0.6) is 0 Å². The maximum absolute atomic E-state index is 11.4. The third-order valence-corrected chi connectivity index (χ3v) is 7.40. The highest BCUT2D eigenvalue weighted by atomic mass is 16.4. The van der Waals surface area contributed by atoms with Crippen LogP contribution in [0.1, 0.15) is 92.6 Å². The van der Waals surface area contributed by atoms with Gasteiger partial charge in [-0.2, -0.15) is 0 Å². The Bertz CT molecular complexity index is 693. The Labute approximate surface area is 156 Å². The van der Waals surface area contributed by atoms with E-state index in [1.54, 1.807) is 0 Å². The lowest BCUT2D eigenvalue weighted by Crippen LogP contribution is -2.48. The quantitative estimate of drug-likeness (QED) is 0.772. The van der Waals surface area contributed by atoms with Gasteiger partial charge in [0.1, 0.15) is 0 Å². The lowest BCUT2D eigenvalue weighted by Gasteiger charge is -2.51. The van der Waals surface area contributed by atoms with E-state index in [1.165, 1.54) is 30.4 Å². The van der Waals surface area contributed by atoms with Crippen LogP contribution in [-0.4, -0.2) is 21.8 Å². The molecule has 3 nitrogen and oxygen atoms in total. The van der Waals surface area contributed by atoms with Crippen LogP contribution in [0.2, 0.25) is 0 Å². The molecule has 0 amide bonds. The lowest BCUT2D eigenvalue weighted by atomic mass is 9.55. The van der Waals surface area contributed by atoms with Crippen molar-refractivity contribution in [3.63, 3.8) is 0 Å². The minimum Gasteiger partial charge on any atom is -0.478 e. The number of hydrogen-bond donors (Lipinski definition) is 2. The summed E-state index contributed by atoms with van der Waals surface area (Å²) < 4.78 is 0. The number of benzene rings is 1. The highest BCUT2D eigenvalue weighted by molar-refractivity contribution is 5.88. The summed E-state index contributed by atoms with van der Waals surface area (Å²) >= 11 is 0. The molecule has 0 aromatic heterocycles. The summed E-state index contributed by atoms with van der Waals surface area (Å²) in [6, 6.07) is 5.87. The van der Waals surface area contributed by atoms with Gasteiger partial charge >= 0.3 is 5.97 Å². The van der Waals surface area contributed by atoms with Crippen LogP contribution in [-0.2, 0) is 11.8 Å². The molecule has 3 atom stereocenters.